The highest BCUT2D eigenvalue weighted by Gasteiger charge is 2.25. The molecule has 0 N–H and O–H groups in total. The Kier molecular flexibility index (Phi) is 56.2. The molecule has 0 bridgehead atoms. The van der Waals surface area contributed by atoms with E-state index < -0.39 is 37.2 Å². The number of unbranched alkanes of at least 4 members (excludes halogenated alkanes) is 39. The lowest BCUT2D eigenvalue weighted by Gasteiger charge is -2.20. The van der Waals surface area contributed by atoms with Crippen molar-refractivity contribution >= 4 is 17.9 Å². The fourth-order valence-electron chi connectivity index (χ4n) is 8.96. The Hall–Kier alpha value is -3.09. The Bertz CT molecular complexity index is 1290. The van der Waals surface area contributed by atoms with E-state index in [2.05, 4.69) is 20.8 Å². The molecule has 0 saturated carbocycles. The predicted molar refractivity (Wildman–Crippen MR) is 306 cm³/mol. The fraction of sp³-hybridized carbons (Fsp3) is 0.857. The summed E-state index contributed by atoms with van der Waals surface area (Å²) in [6.07, 6.45) is 54.4. The number of carbonyl (C=O) groups excluding carboxylic acids is 3. The van der Waals surface area contributed by atoms with Gasteiger partial charge in [-0.1, -0.05) is 252 Å². The maximum atomic E-state index is 13.7. The molecule has 0 aliphatic carbocycles. The van der Waals surface area contributed by atoms with Gasteiger partial charge in [0.2, 0.25) is 17.3 Å². The molecule has 12 heteroatoms. The minimum Gasteiger partial charge on any atom is -0.460 e. The van der Waals surface area contributed by atoms with Crippen LogP contribution < -0.4 is 0 Å². The summed E-state index contributed by atoms with van der Waals surface area (Å²) >= 11 is 0. The molecule has 0 aromatic carbocycles. The van der Waals surface area contributed by atoms with Crippen molar-refractivity contribution in [2.24, 2.45) is 0 Å². The van der Waals surface area contributed by atoms with Crippen LogP contribution in [0.5, 0.6) is 0 Å². The lowest BCUT2D eigenvalue weighted by atomic mass is 10.0. The first kappa shape index (κ1) is 71.9. The second kappa shape index (κ2) is 58.6. The minimum atomic E-state index is -1.19. The number of esters is 3. The third-order valence-electron chi connectivity index (χ3n) is 13.6. The number of allylic oxidation sites excluding steroid dienone is 3. The molecule has 440 valence electrons. The van der Waals surface area contributed by atoms with E-state index in [1.54, 1.807) is 18.2 Å². The molecule has 0 fully saturated rings. The average molecular weight is 1070 g/mol. The normalized spacial score (nSPS) is 12.5. The number of carbonyl (C=O) groups is 3. The second-order valence-corrected chi connectivity index (χ2v) is 20.7. The van der Waals surface area contributed by atoms with Gasteiger partial charge in [-0.05, 0) is 56.8 Å². The van der Waals surface area contributed by atoms with Gasteiger partial charge in [0, 0.05) is 21.3 Å². The summed E-state index contributed by atoms with van der Waals surface area (Å²) in [6.45, 7) is 5.48. The summed E-state index contributed by atoms with van der Waals surface area (Å²) in [7, 11) is 4.43. The first-order valence-electron chi connectivity index (χ1n) is 30.9. The fourth-order valence-corrected chi connectivity index (χ4v) is 8.96. The van der Waals surface area contributed by atoms with E-state index >= 15 is 0 Å². The van der Waals surface area contributed by atoms with Crippen molar-refractivity contribution in [3.8, 4) is 0 Å². The van der Waals surface area contributed by atoms with Crippen molar-refractivity contribution in [2.75, 3.05) is 54.9 Å². The molecule has 0 heterocycles. The van der Waals surface area contributed by atoms with E-state index in [1.807, 2.05) is 0 Å². The Morgan fingerprint density at radius 2 is 0.507 bits per heavy atom. The van der Waals surface area contributed by atoms with Crippen LogP contribution in [0.3, 0.4) is 0 Å². The van der Waals surface area contributed by atoms with Crippen LogP contribution in [0.25, 0.3) is 0 Å². The smallest absolute Gasteiger partial charge is 0.373 e. The maximum Gasteiger partial charge on any atom is 0.373 e. The largest absolute Gasteiger partial charge is 0.460 e. The molecular weight excluding hydrogens is 949 g/mol. The van der Waals surface area contributed by atoms with Crippen LogP contribution in [0, 0.1) is 0 Å². The second-order valence-electron chi connectivity index (χ2n) is 20.7. The van der Waals surface area contributed by atoms with Gasteiger partial charge in [0.05, 0.1) is 0 Å². The van der Waals surface area contributed by atoms with Gasteiger partial charge in [-0.25, -0.2) is 14.4 Å². The van der Waals surface area contributed by atoms with Gasteiger partial charge in [-0.15, -0.1) is 0 Å². The monoisotopic (exact) mass is 1060 g/mol. The average Bonchev–Trinajstić information content (AvgIpc) is 3.41. The number of ether oxygens (including phenoxy) is 9. The molecule has 75 heavy (non-hydrogen) atoms. The Morgan fingerprint density at radius 1 is 0.293 bits per heavy atom. The third kappa shape index (κ3) is 49.0. The quantitative estimate of drug-likeness (QED) is 0.0143. The van der Waals surface area contributed by atoms with Crippen molar-refractivity contribution in [1.29, 1.82) is 0 Å². The van der Waals surface area contributed by atoms with E-state index in [9.17, 15) is 14.4 Å². The highest BCUT2D eigenvalue weighted by molar-refractivity contribution is 5.87. The van der Waals surface area contributed by atoms with Crippen LogP contribution in [-0.2, 0) is 57.0 Å². The molecule has 0 spiro atoms. The van der Waals surface area contributed by atoms with Crippen LogP contribution in [0.4, 0.5) is 0 Å². The first-order chi connectivity index (χ1) is 36.9. The lowest BCUT2D eigenvalue weighted by Crippen LogP contribution is -2.32. The van der Waals surface area contributed by atoms with Gasteiger partial charge in [0.25, 0.3) is 0 Å². The van der Waals surface area contributed by atoms with E-state index in [0.29, 0.717) is 19.3 Å². The standard InChI is InChI=1S/C63H116O12/c1-7-10-13-16-19-22-25-28-31-34-37-40-43-46-49-58(72-54-67-4)61(64)70-52-57(75-63(66)60(74-56-69-6)51-48-45-42-39-36-33-30-27-24-21-18-15-12-9-3)53-71-62(65)59(73-55-68-5)50-47-44-41-38-35-32-29-26-23-20-17-14-11-8-2/h49-51,57H,7-48,52-56H2,1-6H3/b58-49-,59-50-,60-51-. The van der Waals surface area contributed by atoms with Crippen molar-refractivity contribution in [3.05, 3.63) is 35.5 Å². The van der Waals surface area contributed by atoms with Gasteiger partial charge < -0.3 is 42.6 Å². The molecule has 0 aromatic rings. The molecule has 0 aliphatic heterocycles. The SMILES string of the molecule is CCCCCCCCCCCCCCC/C=C(\OCOC)C(=O)OCC(COC(=O)/C(=C/CCCCCCCCCCCCCCC)OCOC)OC(=O)/C(=C/CCCCCCCCCCCCCCC)OCOC. The lowest BCUT2D eigenvalue weighted by molar-refractivity contribution is -0.168. The summed E-state index contributed by atoms with van der Waals surface area (Å²) in [5.74, 6) is -2.30. The summed E-state index contributed by atoms with van der Waals surface area (Å²) in [5.41, 5.74) is 0. The zero-order valence-electron chi connectivity index (χ0n) is 49.4. The number of hydrogen-bond acceptors (Lipinski definition) is 12. The zero-order chi connectivity index (χ0) is 54.8. The van der Waals surface area contributed by atoms with Gasteiger partial charge >= 0.3 is 17.9 Å². The highest BCUT2D eigenvalue weighted by Crippen LogP contribution is 2.19. The summed E-state index contributed by atoms with van der Waals surface area (Å²) in [6, 6.07) is 0. The van der Waals surface area contributed by atoms with Crippen molar-refractivity contribution in [2.45, 2.75) is 297 Å². The number of rotatable bonds is 59. The number of hydrogen-bond donors (Lipinski definition) is 0. The van der Waals surface area contributed by atoms with Gasteiger partial charge in [-0.3, -0.25) is 0 Å². The van der Waals surface area contributed by atoms with Crippen molar-refractivity contribution in [1.82, 2.24) is 0 Å². The third-order valence-corrected chi connectivity index (χ3v) is 13.6. The van der Waals surface area contributed by atoms with Crippen molar-refractivity contribution in [3.63, 3.8) is 0 Å². The molecule has 0 unspecified atom stereocenters. The van der Waals surface area contributed by atoms with E-state index in [1.165, 1.54) is 214 Å². The number of methoxy groups -OCH3 is 3. The molecule has 0 amide bonds. The Balaban J connectivity index is 5.59. The molecule has 0 atom stereocenters. The summed E-state index contributed by atoms with van der Waals surface area (Å²) < 4.78 is 49.6. The van der Waals surface area contributed by atoms with Crippen LogP contribution in [0.15, 0.2) is 35.5 Å². The molecule has 0 rings (SSSR count). The van der Waals surface area contributed by atoms with Crippen molar-refractivity contribution < 1.29 is 57.0 Å². The highest BCUT2D eigenvalue weighted by atomic mass is 16.7. The van der Waals surface area contributed by atoms with Gasteiger partial charge in [-0.2, -0.15) is 0 Å². The molecule has 0 aromatic heterocycles. The summed E-state index contributed by atoms with van der Waals surface area (Å²) in [5, 5.41) is 0. The molecule has 0 radical (unpaired) electrons. The molecular formula is C63H116O12. The maximum absolute atomic E-state index is 13.7. The molecule has 0 saturated heterocycles. The topological polar surface area (TPSA) is 134 Å². The van der Waals surface area contributed by atoms with Gasteiger partial charge in [0.15, 0.2) is 26.5 Å². The Morgan fingerprint density at radius 3 is 0.733 bits per heavy atom. The molecule has 0 aliphatic rings. The minimum absolute atomic E-state index is 0.00558. The zero-order valence-corrected chi connectivity index (χ0v) is 49.4. The van der Waals surface area contributed by atoms with Crippen LogP contribution >= 0.6 is 0 Å². The first-order valence-corrected chi connectivity index (χ1v) is 30.9. The van der Waals surface area contributed by atoms with Crippen LogP contribution in [0.1, 0.15) is 290 Å². The van der Waals surface area contributed by atoms with Gasteiger partial charge in [0.1, 0.15) is 13.2 Å². The predicted octanol–water partition coefficient (Wildman–Crippen LogP) is 17.9. The van der Waals surface area contributed by atoms with E-state index in [4.69, 9.17) is 42.6 Å². The Labute approximate surface area is 460 Å². The van der Waals surface area contributed by atoms with Crippen LogP contribution in [0.2, 0.25) is 0 Å². The molecule has 12 nitrogen and oxygen atoms in total. The van der Waals surface area contributed by atoms with E-state index in [0.717, 1.165) is 57.8 Å². The van der Waals surface area contributed by atoms with Crippen LogP contribution in [-0.4, -0.2) is 78.9 Å². The van der Waals surface area contributed by atoms with E-state index in [-0.39, 0.29) is 37.7 Å². The summed E-state index contributed by atoms with van der Waals surface area (Å²) in [4.78, 5) is 40.7.